The van der Waals surface area contributed by atoms with E-state index in [4.69, 9.17) is 4.74 Å². The normalized spacial score (nSPS) is 25.4. The molecule has 2 nitrogen and oxygen atoms in total. The molecule has 0 aliphatic carbocycles. The molecule has 2 bridgehead atoms. The van der Waals surface area contributed by atoms with Gasteiger partial charge in [0.15, 0.2) is 0 Å². The van der Waals surface area contributed by atoms with E-state index in [1.807, 2.05) is 6.92 Å². The molecule has 0 spiro atoms. The number of hydrogen-bond donors (Lipinski definition) is 0. The van der Waals surface area contributed by atoms with E-state index in [-0.39, 0.29) is 16.9 Å². The van der Waals surface area contributed by atoms with Crippen molar-refractivity contribution in [1.82, 2.24) is 0 Å². The molecule has 2 aliphatic heterocycles. The van der Waals surface area contributed by atoms with E-state index in [2.05, 4.69) is 134 Å². The second-order valence-electron chi connectivity index (χ2n) is 11.1. The minimum absolute atomic E-state index is 0.0738. The second-order valence-corrected chi connectivity index (χ2v) is 16.0. The summed E-state index contributed by atoms with van der Waals surface area (Å²) in [6.07, 6.45) is 0.754. The fourth-order valence-electron chi connectivity index (χ4n) is 8.03. The highest BCUT2D eigenvalue weighted by Crippen LogP contribution is 2.75. The Hall–Kier alpha value is -3.69. The van der Waals surface area contributed by atoms with E-state index in [0.717, 1.165) is 6.42 Å². The first-order chi connectivity index (χ1) is 18.5. The molecule has 190 valence electrons. The Morgan fingerprint density at radius 2 is 1.16 bits per heavy atom. The molecule has 2 aliphatic rings. The van der Waals surface area contributed by atoms with Crippen molar-refractivity contribution in [1.29, 1.82) is 0 Å². The van der Waals surface area contributed by atoms with Crippen molar-refractivity contribution in [3.05, 3.63) is 144 Å². The first-order valence-corrected chi connectivity index (χ1v) is 16.6. The predicted octanol–water partition coefficient (Wildman–Crippen LogP) is 7.86. The van der Waals surface area contributed by atoms with E-state index < -0.39 is 13.1 Å². The van der Waals surface area contributed by atoms with Crippen LogP contribution in [0.25, 0.3) is 11.1 Å². The minimum Gasteiger partial charge on any atom is -0.466 e. The van der Waals surface area contributed by atoms with Crippen LogP contribution >= 0.6 is 0 Å². The Bertz CT molecular complexity index is 1480. The van der Waals surface area contributed by atoms with E-state index in [1.165, 1.54) is 33.4 Å². The molecule has 3 unspecified atom stereocenters. The quantitative estimate of drug-likeness (QED) is 0.193. The summed E-state index contributed by atoms with van der Waals surface area (Å²) in [5.74, 6) is -0.343. The first-order valence-electron chi connectivity index (χ1n) is 13.6. The van der Waals surface area contributed by atoms with Crippen molar-refractivity contribution in [3.8, 4) is 0 Å². The Morgan fingerprint density at radius 1 is 0.711 bits per heavy atom. The fraction of sp³-hybridized carbons (Fsp3) is 0.229. The Kier molecular flexibility index (Phi) is 6.00. The fourth-order valence-corrected chi connectivity index (χ4v) is 14.1. The summed E-state index contributed by atoms with van der Waals surface area (Å²) in [7, 11) is -2.44. The average molecular weight is 515 g/mol. The summed E-state index contributed by atoms with van der Waals surface area (Å²) in [5, 5.41) is -0.725. The maximum atomic E-state index is 14.1. The number of rotatable bonds is 6. The average Bonchev–Trinajstić information content (AvgIpc) is 3.30. The molecule has 4 aromatic carbocycles. The summed E-state index contributed by atoms with van der Waals surface area (Å²) >= 11 is 0. The van der Waals surface area contributed by atoms with Crippen LogP contribution in [0.1, 0.15) is 35.6 Å². The predicted molar refractivity (Wildman–Crippen MR) is 158 cm³/mol. The number of allylic oxidation sites excluding steroid dienone is 2. The molecule has 2 heterocycles. The molecule has 1 saturated heterocycles. The molecule has 0 saturated carbocycles. The van der Waals surface area contributed by atoms with E-state index in [1.54, 1.807) is 0 Å². The number of esters is 1. The largest absolute Gasteiger partial charge is 0.466 e. The van der Waals surface area contributed by atoms with Gasteiger partial charge in [-0.05, 0) is 46.7 Å². The molecule has 0 radical (unpaired) electrons. The zero-order valence-electron chi connectivity index (χ0n) is 22.4. The highest BCUT2D eigenvalue weighted by molar-refractivity contribution is 6.90. The number of hydrogen-bond acceptors (Lipinski definition) is 2. The molecule has 0 amide bonds. The van der Waals surface area contributed by atoms with Crippen molar-refractivity contribution in [2.75, 3.05) is 6.61 Å². The molecular weight excluding hydrogens is 480 g/mol. The summed E-state index contributed by atoms with van der Waals surface area (Å²) < 4.78 is 5.89. The zero-order chi connectivity index (χ0) is 26.4. The van der Waals surface area contributed by atoms with Gasteiger partial charge in [-0.2, -0.15) is 0 Å². The lowest BCUT2D eigenvalue weighted by molar-refractivity contribution is -0.149. The van der Waals surface area contributed by atoms with Crippen LogP contribution in [-0.2, 0) is 19.6 Å². The van der Waals surface area contributed by atoms with Gasteiger partial charge in [0.25, 0.3) is 0 Å². The molecule has 0 aromatic heterocycles. The maximum Gasteiger partial charge on any atom is 0.309 e. The topological polar surface area (TPSA) is 26.3 Å². The standard InChI is InChI=1S/C35H34O2Si/c1-4-37-33(36)30-25-34(28-21-13-7-14-22-28)31(26-17-9-5-10-18-26)32(27-19-11-6-12-20-27)35(30,38(34,2)3)29-23-15-8-16-24-29/h5-24,30H,4,25H2,1-3H3. The van der Waals surface area contributed by atoms with Crippen LogP contribution in [0, 0.1) is 5.92 Å². The molecule has 6 rings (SSSR count). The highest BCUT2D eigenvalue weighted by atomic mass is 28.3. The lowest BCUT2D eigenvalue weighted by Crippen LogP contribution is -2.57. The van der Waals surface area contributed by atoms with Gasteiger partial charge in [-0.15, -0.1) is 0 Å². The molecule has 3 atom stereocenters. The Morgan fingerprint density at radius 3 is 1.66 bits per heavy atom. The van der Waals surface area contributed by atoms with Gasteiger partial charge >= 0.3 is 5.97 Å². The summed E-state index contributed by atoms with van der Waals surface area (Å²) in [6.45, 7) is 7.34. The summed E-state index contributed by atoms with van der Waals surface area (Å²) in [6, 6.07) is 43.5. The number of ether oxygens (including phenoxy) is 1. The van der Waals surface area contributed by atoms with Crippen LogP contribution in [-0.4, -0.2) is 20.7 Å². The number of carbonyl (C=O) groups excluding carboxylic acids is 1. The summed E-state index contributed by atoms with van der Waals surface area (Å²) in [4.78, 5) is 14.1. The Labute approximate surface area is 227 Å². The Balaban J connectivity index is 1.84. The monoisotopic (exact) mass is 514 g/mol. The molecule has 3 heteroatoms. The van der Waals surface area contributed by atoms with Gasteiger partial charge in [0, 0.05) is 10.1 Å². The summed E-state index contributed by atoms with van der Waals surface area (Å²) in [5.41, 5.74) is 7.68. The number of carbonyl (C=O) groups is 1. The van der Waals surface area contributed by atoms with Gasteiger partial charge in [0.05, 0.1) is 20.6 Å². The third-order valence-corrected chi connectivity index (χ3v) is 15.1. The molecule has 4 aromatic rings. The SMILES string of the molecule is CCOC(=O)C1CC2(c3ccccc3)C(c3ccccc3)=C(c3ccccc3)C1(c1ccccc1)[Si]2(C)C. The van der Waals surface area contributed by atoms with Crippen molar-refractivity contribution < 1.29 is 9.53 Å². The van der Waals surface area contributed by atoms with E-state index in [9.17, 15) is 4.79 Å². The highest BCUT2D eigenvalue weighted by Gasteiger charge is 2.78. The lowest BCUT2D eigenvalue weighted by Gasteiger charge is -2.45. The zero-order valence-corrected chi connectivity index (χ0v) is 23.4. The van der Waals surface area contributed by atoms with Crippen molar-refractivity contribution in [2.45, 2.75) is 36.5 Å². The second kappa shape index (κ2) is 9.25. The van der Waals surface area contributed by atoms with Crippen LogP contribution < -0.4 is 0 Å². The van der Waals surface area contributed by atoms with Gasteiger partial charge in [0.2, 0.25) is 0 Å². The number of benzene rings is 4. The van der Waals surface area contributed by atoms with Crippen molar-refractivity contribution >= 4 is 25.2 Å². The van der Waals surface area contributed by atoms with Crippen molar-refractivity contribution in [3.63, 3.8) is 0 Å². The van der Waals surface area contributed by atoms with Crippen LogP contribution in [0.2, 0.25) is 13.1 Å². The van der Waals surface area contributed by atoms with Gasteiger partial charge in [-0.1, -0.05) is 134 Å². The molecule has 1 fully saturated rings. The number of fused-ring (bicyclic) bond motifs is 2. The van der Waals surface area contributed by atoms with Gasteiger partial charge in [-0.3, -0.25) is 4.79 Å². The van der Waals surface area contributed by atoms with Gasteiger partial charge in [0.1, 0.15) is 0 Å². The molecular formula is C35H34O2Si. The van der Waals surface area contributed by atoms with Crippen LogP contribution in [0.5, 0.6) is 0 Å². The smallest absolute Gasteiger partial charge is 0.309 e. The molecule has 38 heavy (non-hydrogen) atoms. The lowest BCUT2D eigenvalue weighted by atomic mass is 9.63. The van der Waals surface area contributed by atoms with Gasteiger partial charge in [-0.25, -0.2) is 0 Å². The first kappa shape index (κ1) is 24.6. The van der Waals surface area contributed by atoms with Crippen LogP contribution in [0.4, 0.5) is 0 Å². The van der Waals surface area contributed by atoms with E-state index >= 15 is 0 Å². The minimum atomic E-state index is -2.44. The van der Waals surface area contributed by atoms with Crippen LogP contribution in [0.3, 0.4) is 0 Å². The maximum absolute atomic E-state index is 14.1. The van der Waals surface area contributed by atoms with Crippen molar-refractivity contribution in [2.24, 2.45) is 5.92 Å². The molecule has 0 N–H and O–H groups in total. The van der Waals surface area contributed by atoms with E-state index in [0.29, 0.717) is 6.61 Å². The van der Waals surface area contributed by atoms with Gasteiger partial charge < -0.3 is 4.74 Å². The van der Waals surface area contributed by atoms with Crippen LogP contribution in [0.15, 0.2) is 121 Å². The third-order valence-electron chi connectivity index (χ3n) is 9.35. The third kappa shape index (κ3) is 3.15.